The smallest absolute Gasteiger partial charge is 0.257 e. The number of carbonyl (C=O) groups is 2. The van der Waals surface area contributed by atoms with E-state index in [1.165, 1.54) is 26.4 Å². The molecule has 9 heteroatoms. The number of aromatic nitrogens is 2. The van der Waals surface area contributed by atoms with Gasteiger partial charge in [-0.15, -0.1) is 0 Å². The molecule has 0 radical (unpaired) electrons. The van der Waals surface area contributed by atoms with Crippen LogP contribution < -0.4 is 14.8 Å². The fourth-order valence-electron chi connectivity index (χ4n) is 2.31. The highest BCUT2D eigenvalue weighted by Gasteiger charge is 2.10. The van der Waals surface area contributed by atoms with Crippen molar-refractivity contribution in [3.8, 4) is 11.5 Å². The summed E-state index contributed by atoms with van der Waals surface area (Å²) >= 11 is 0. The van der Waals surface area contributed by atoms with Crippen LogP contribution in [0.25, 0.3) is 0 Å². The first-order valence-electron chi connectivity index (χ1n) is 8.31. The molecule has 1 aromatic carbocycles. The Morgan fingerprint density at radius 3 is 2.74 bits per heavy atom. The Labute approximate surface area is 155 Å². The van der Waals surface area contributed by atoms with Gasteiger partial charge in [0.15, 0.2) is 17.3 Å². The van der Waals surface area contributed by atoms with E-state index in [-0.39, 0.29) is 24.7 Å². The molecule has 0 aliphatic heterocycles. The molecule has 1 heterocycles. The molecule has 0 saturated heterocycles. The van der Waals surface area contributed by atoms with Crippen molar-refractivity contribution in [1.29, 1.82) is 0 Å². The maximum atomic E-state index is 12.3. The minimum Gasteiger partial charge on any atom is -0.493 e. The van der Waals surface area contributed by atoms with Crippen LogP contribution in [-0.2, 0) is 11.3 Å². The van der Waals surface area contributed by atoms with Crippen molar-refractivity contribution in [2.24, 2.45) is 0 Å². The predicted molar refractivity (Wildman–Crippen MR) is 94.6 cm³/mol. The Morgan fingerprint density at radius 1 is 1.30 bits per heavy atom. The van der Waals surface area contributed by atoms with Gasteiger partial charge < -0.3 is 14.8 Å². The van der Waals surface area contributed by atoms with Gasteiger partial charge >= 0.3 is 0 Å². The number of methoxy groups -OCH3 is 1. The van der Waals surface area contributed by atoms with E-state index < -0.39 is 13.0 Å². The molecule has 0 aliphatic carbocycles. The van der Waals surface area contributed by atoms with Crippen molar-refractivity contribution in [2.75, 3.05) is 19.0 Å². The summed E-state index contributed by atoms with van der Waals surface area (Å²) in [5.74, 6) is 0.581. The van der Waals surface area contributed by atoms with Gasteiger partial charge in [0, 0.05) is 18.2 Å². The van der Waals surface area contributed by atoms with E-state index in [0.29, 0.717) is 29.2 Å². The fraction of sp³-hybridized carbons (Fsp3) is 0.389. The van der Waals surface area contributed by atoms with Crippen LogP contribution in [0.4, 0.5) is 14.5 Å². The lowest BCUT2D eigenvalue weighted by Crippen LogP contribution is -2.12. The molecule has 0 bridgehead atoms. The fourth-order valence-corrected chi connectivity index (χ4v) is 2.31. The second kappa shape index (κ2) is 9.65. The summed E-state index contributed by atoms with van der Waals surface area (Å²) in [5, 5.41) is 6.34. The summed E-state index contributed by atoms with van der Waals surface area (Å²) < 4.78 is 36.4. The Hall–Kier alpha value is -2.97. The highest BCUT2D eigenvalue weighted by atomic mass is 19.3. The van der Waals surface area contributed by atoms with Gasteiger partial charge in [0.25, 0.3) is 6.43 Å². The third-order valence-electron chi connectivity index (χ3n) is 3.62. The van der Waals surface area contributed by atoms with E-state index in [2.05, 4.69) is 10.4 Å². The van der Waals surface area contributed by atoms with Gasteiger partial charge in [0.1, 0.15) is 6.54 Å². The zero-order valence-corrected chi connectivity index (χ0v) is 15.1. The number of alkyl halides is 2. The number of ketones is 1. The van der Waals surface area contributed by atoms with Crippen molar-refractivity contribution in [1.82, 2.24) is 9.78 Å². The van der Waals surface area contributed by atoms with Gasteiger partial charge in [0.05, 0.1) is 25.6 Å². The first-order chi connectivity index (χ1) is 12.9. The van der Waals surface area contributed by atoms with E-state index in [1.807, 2.05) is 0 Å². The van der Waals surface area contributed by atoms with E-state index in [1.54, 1.807) is 18.2 Å². The third kappa shape index (κ3) is 6.36. The molecular formula is C18H21F2N3O4. The average Bonchev–Trinajstić information content (AvgIpc) is 3.04. The third-order valence-corrected chi connectivity index (χ3v) is 3.62. The van der Waals surface area contributed by atoms with Crippen LogP contribution in [0.1, 0.15) is 30.1 Å². The average molecular weight is 381 g/mol. The molecule has 146 valence electrons. The molecule has 0 atom stereocenters. The monoisotopic (exact) mass is 381 g/mol. The molecule has 1 aromatic heterocycles. The molecule has 2 rings (SSSR count). The molecule has 0 aliphatic rings. The molecule has 1 N–H and O–H groups in total. The number of hydrogen-bond acceptors (Lipinski definition) is 5. The number of ether oxygens (including phenoxy) is 2. The number of nitrogens with zero attached hydrogens (tertiary/aromatic N) is 2. The highest BCUT2D eigenvalue weighted by Crippen LogP contribution is 2.28. The number of nitrogens with one attached hydrogen (secondary N) is 1. The molecule has 0 spiro atoms. The van der Waals surface area contributed by atoms with Crippen LogP contribution in [0.2, 0.25) is 0 Å². The number of halogens is 2. The normalized spacial score (nSPS) is 10.7. The minimum absolute atomic E-state index is 0.0756. The number of benzene rings is 1. The lowest BCUT2D eigenvalue weighted by atomic mass is 10.1. The van der Waals surface area contributed by atoms with Crippen LogP contribution in [-0.4, -0.2) is 41.6 Å². The van der Waals surface area contributed by atoms with Gasteiger partial charge in [-0.25, -0.2) is 8.78 Å². The largest absolute Gasteiger partial charge is 0.493 e. The van der Waals surface area contributed by atoms with Gasteiger partial charge in [-0.05, 0) is 31.5 Å². The summed E-state index contributed by atoms with van der Waals surface area (Å²) in [5.41, 5.74) is 0.883. The van der Waals surface area contributed by atoms with Crippen LogP contribution in [0.15, 0.2) is 30.6 Å². The van der Waals surface area contributed by atoms with Gasteiger partial charge in [-0.2, -0.15) is 5.10 Å². The summed E-state index contributed by atoms with van der Waals surface area (Å²) in [4.78, 5) is 23.3. The lowest BCUT2D eigenvalue weighted by Gasteiger charge is -2.11. The van der Waals surface area contributed by atoms with Gasteiger partial charge in [0.2, 0.25) is 5.91 Å². The zero-order chi connectivity index (χ0) is 19.8. The molecule has 0 saturated carbocycles. The van der Waals surface area contributed by atoms with Gasteiger partial charge in [-0.3, -0.25) is 14.3 Å². The molecule has 27 heavy (non-hydrogen) atoms. The van der Waals surface area contributed by atoms with Crippen LogP contribution >= 0.6 is 0 Å². The maximum Gasteiger partial charge on any atom is 0.257 e. The maximum absolute atomic E-state index is 12.3. The first-order valence-corrected chi connectivity index (χ1v) is 8.31. The summed E-state index contributed by atoms with van der Waals surface area (Å²) in [7, 11) is 1.48. The minimum atomic E-state index is -2.51. The standard InChI is InChI=1S/C18H21F2N3O4/c1-12(24)13-5-6-15(16(8-13)26-2)27-7-3-4-18(25)22-14-9-21-23(10-14)11-17(19)20/h5-6,8-10,17H,3-4,7,11H2,1-2H3,(H,22,25). The quantitative estimate of drug-likeness (QED) is 0.505. The predicted octanol–water partition coefficient (Wildman–Crippen LogP) is 3.16. The summed E-state index contributed by atoms with van der Waals surface area (Å²) in [6.45, 7) is 1.22. The van der Waals surface area contributed by atoms with Crippen LogP contribution in [0.5, 0.6) is 11.5 Å². The second-order valence-corrected chi connectivity index (χ2v) is 5.76. The zero-order valence-electron chi connectivity index (χ0n) is 15.1. The van der Waals surface area contributed by atoms with Crippen LogP contribution in [0.3, 0.4) is 0 Å². The SMILES string of the molecule is COc1cc(C(C)=O)ccc1OCCCC(=O)Nc1cnn(CC(F)F)c1. The molecule has 0 fully saturated rings. The lowest BCUT2D eigenvalue weighted by molar-refractivity contribution is -0.116. The Morgan fingerprint density at radius 2 is 2.07 bits per heavy atom. The number of rotatable bonds is 10. The van der Waals surface area contributed by atoms with Gasteiger partial charge in [-0.1, -0.05) is 0 Å². The van der Waals surface area contributed by atoms with Crippen LogP contribution in [0, 0.1) is 0 Å². The number of carbonyl (C=O) groups excluding carboxylic acids is 2. The van der Waals surface area contributed by atoms with E-state index in [4.69, 9.17) is 9.47 Å². The first kappa shape index (κ1) is 20.3. The van der Waals surface area contributed by atoms with E-state index in [0.717, 1.165) is 4.68 Å². The number of amides is 1. The Kier molecular flexibility index (Phi) is 7.27. The van der Waals surface area contributed by atoms with Crippen molar-refractivity contribution in [3.05, 3.63) is 36.2 Å². The number of anilines is 1. The number of Topliss-reactive ketones (excluding diaryl/α,β-unsaturated/α-hetero) is 1. The molecule has 7 nitrogen and oxygen atoms in total. The van der Waals surface area contributed by atoms with Crippen molar-refractivity contribution < 1.29 is 27.8 Å². The van der Waals surface area contributed by atoms with Crippen molar-refractivity contribution in [3.63, 3.8) is 0 Å². The van der Waals surface area contributed by atoms with E-state index >= 15 is 0 Å². The van der Waals surface area contributed by atoms with Crippen molar-refractivity contribution >= 4 is 17.4 Å². The molecule has 2 aromatic rings. The Balaban J connectivity index is 1.77. The van der Waals surface area contributed by atoms with E-state index in [9.17, 15) is 18.4 Å². The molecule has 1 amide bonds. The molecule has 0 unspecified atom stereocenters. The Bertz CT molecular complexity index is 793. The molecular weight excluding hydrogens is 360 g/mol. The second-order valence-electron chi connectivity index (χ2n) is 5.76. The topological polar surface area (TPSA) is 82.4 Å². The van der Waals surface area contributed by atoms with Crippen molar-refractivity contribution in [2.45, 2.75) is 32.7 Å². The summed E-state index contributed by atoms with van der Waals surface area (Å²) in [6.07, 6.45) is 0.787. The number of hydrogen-bond donors (Lipinski definition) is 1. The highest BCUT2D eigenvalue weighted by molar-refractivity contribution is 5.94. The summed E-state index contributed by atoms with van der Waals surface area (Å²) in [6, 6.07) is 4.89.